The standard InChI is InChI=1S/C19H29NO3.H2/c1-2-22-19(21)12-13-20-14-16-8-10-18(11-9-16)23-15-17-6-4-3-5-7-17;/h3-7,16,18,20H,2,8-15H2,1H3;1H. The smallest absolute Gasteiger partial charge is 0.307 e. The fraction of sp³-hybridized carbons (Fsp3) is 0.632. The lowest BCUT2D eigenvalue weighted by Gasteiger charge is -2.28. The minimum Gasteiger partial charge on any atom is -0.466 e. The SMILES string of the molecule is CCOC(=O)CCNCC1CCC(OCc2ccccc2)CC1.[HH]. The molecule has 1 aromatic carbocycles. The van der Waals surface area contributed by atoms with Crippen molar-refractivity contribution < 1.29 is 15.7 Å². The van der Waals surface area contributed by atoms with Crippen LogP contribution in [-0.4, -0.2) is 31.8 Å². The minimum atomic E-state index is -0.113. The average molecular weight is 321 g/mol. The Morgan fingerprint density at radius 2 is 1.96 bits per heavy atom. The number of carbonyl (C=O) groups is 1. The highest BCUT2D eigenvalue weighted by Crippen LogP contribution is 2.26. The number of hydrogen-bond donors (Lipinski definition) is 1. The average Bonchev–Trinajstić information content (AvgIpc) is 2.59. The van der Waals surface area contributed by atoms with Crippen LogP contribution in [0.4, 0.5) is 0 Å². The minimum absolute atomic E-state index is 0. The van der Waals surface area contributed by atoms with Gasteiger partial charge in [-0.25, -0.2) is 0 Å². The highest BCUT2D eigenvalue weighted by molar-refractivity contribution is 5.69. The third kappa shape index (κ3) is 7.14. The van der Waals surface area contributed by atoms with Gasteiger partial charge in [0, 0.05) is 7.97 Å². The number of ether oxygens (including phenoxy) is 2. The van der Waals surface area contributed by atoms with E-state index in [0.29, 0.717) is 38.2 Å². The molecule has 0 aliphatic heterocycles. The molecule has 0 bridgehead atoms. The quantitative estimate of drug-likeness (QED) is 0.558. The van der Waals surface area contributed by atoms with Crippen molar-refractivity contribution in [1.29, 1.82) is 0 Å². The molecule has 0 atom stereocenters. The highest BCUT2D eigenvalue weighted by atomic mass is 16.5. The van der Waals surface area contributed by atoms with E-state index in [1.165, 1.54) is 18.4 Å². The Labute approximate surface area is 141 Å². The summed E-state index contributed by atoms with van der Waals surface area (Å²) in [6.07, 6.45) is 5.53. The molecule has 0 saturated heterocycles. The Bertz CT molecular complexity index is 447. The summed E-state index contributed by atoms with van der Waals surface area (Å²) in [7, 11) is 0. The molecule has 4 heteroatoms. The number of benzene rings is 1. The van der Waals surface area contributed by atoms with Crippen LogP contribution < -0.4 is 5.32 Å². The zero-order chi connectivity index (χ0) is 16.3. The number of nitrogens with one attached hydrogen (secondary N) is 1. The molecule has 1 saturated carbocycles. The van der Waals surface area contributed by atoms with Gasteiger partial charge in [-0.1, -0.05) is 30.3 Å². The van der Waals surface area contributed by atoms with Crippen LogP contribution in [0.2, 0.25) is 0 Å². The van der Waals surface area contributed by atoms with E-state index in [2.05, 4.69) is 29.6 Å². The van der Waals surface area contributed by atoms with Crippen molar-refractivity contribution in [1.82, 2.24) is 5.32 Å². The topological polar surface area (TPSA) is 47.6 Å². The molecule has 1 aliphatic carbocycles. The third-order valence-electron chi connectivity index (χ3n) is 4.37. The Morgan fingerprint density at radius 1 is 1.22 bits per heavy atom. The number of esters is 1. The monoisotopic (exact) mass is 321 g/mol. The molecular formula is C19H31NO3. The third-order valence-corrected chi connectivity index (χ3v) is 4.37. The Kier molecular flexibility index (Phi) is 8.12. The van der Waals surface area contributed by atoms with Crippen molar-refractivity contribution >= 4 is 5.97 Å². The summed E-state index contributed by atoms with van der Waals surface area (Å²) >= 11 is 0. The summed E-state index contributed by atoms with van der Waals surface area (Å²) in [6, 6.07) is 10.4. The molecule has 0 amide bonds. The predicted molar refractivity (Wildman–Crippen MR) is 93.2 cm³/mol. The van der Waals surface area contributed by atoms with E-state index in [-0.39, 0.29) is 7.40 Å². The molecule has 23 heavy (non-hydrogen) atoms. The van der Waals surface area contributed by atoms with Crippen molar-refractivity contribution in [3.8, 4) is 0 Å². The van der Waals surface area contributed by atoms with Gasteiger partial charge in [0.25, 0.3) is 0 Å². The van der Waals surface area contributed by atoms with Crippen LogP contribution in [0, 0.1) is 5.92 Å². The van der Waals surface area contributed by atoms with Crippen LogP contribution in [-0.2, 0) is 20.9 Å². The van der Waals surface area contributed by atoms with Crippen molar-refractivity contribution in [3.63, 3.8) is 0 Å². The zero-order valence-electron chi connectivity index (χ0n) is 14.1. The number of hydrogen-bond acceptors (Lipinski definition) is 4. The first-order valence-electron chi connectivity index (χ1n) is 8.79. The second kappa shape index (κ2) is 10.4. The van der Waals surface area contributed by atoms with E-state index >= 15 is 0 Å². The van der Waals surface area contributed by atoms with Gasteiger partial charge in [0.05, 0.1) is 25.7 Å². The Hall–Kier alpha value is -1.39. The summed E-state index contributed by atoms with van der Waals surface area (Å²) in [6.45, 7) is 4.72. The lowest BCUT2D eigenvalue weighted by molar-refractivity contribution is -0.142. The van der Waals surface area contributed by atoms with E-state index in [4.69, 9.17) is 9.47 Å². The normalized spacial score (nSPS) is 21.1. The van der Waals surface area contributed by atoms with Gasteiger partial charge >= 0.3 is 5.97 Å². The number of rotatable bonds is 9. The maximum atomic E-state index is 11.2. The van der Waals surface area contributed by atoms with Crippen LogP contribution in [0.3, 0.4) is 0 Å². The summed E-state index contributed by atoms with van der Waals surface area (Å²) in [4.78, 5) is 11.2. The molecule has 0 radical (unpaired) electrons. The van der Waals surface area contributed by atoms with Crippen LogP contribution in [0.15, 0.2) is 30.3 Å². The fourth-order valence-electron chi connectivity index (χ4n) is 3.02. The Balaban J connectivity index is 0.00000288. The summed E-state index contributed by atoms with van der Waals surface area (Å²) in [5, 5.41) is 3.38. The summed E-state index contributed by atoms with van der Waals surface area (Å²) < 4.78 is 10.9. The number of carbonyl (C=O) groups excluding carboxylic acids is 1. The lowest BCUT2D eigenvalue weighted by atomic mass is 9.87. The molecular weight excluding hydrogens is 290 g/mol. The van der Waals surface area contributed by atoms with Crippen LogP contribution in [0.25, 0.3) is 0 Å². The lowest BCUT2D eigenvalue weighted by Crippen LogP contribution is -2.30. The van der Waals surface area contributed by atoms with Gasteiger partial charge in [0.1, 0.15) is 0 Å². The Morgan fingerprint density at radius 3 is 2.65 bits per heavy atom. The summed E-state index contributed by atoms with van der Waals surface area (Å²) in [5.74, 6) is 0.590. The van der Waals surface area contributed by atoms with Crippen molar-refractivity contribution in [2.45, 2.75) is 51.7 Å². The van der Waals surface area contributed by atoms with Crippen LogP contribution in [0.5, 0.6) is 0 Å². The maximum absolute atomic E-state index is 11.2. The van der Waals surface area contributed by atoms with E-state index in [1.807, 2.05) is 13.0 Å². The zero-order valence-corrected chi connectivity index (χ0v) is 14.1. The van der Waals surface area contributed by atoms with Crippen LogP contribution in [0.1, 0.15) is 46.0 Å². The van der Waals surface area contributed by atoms with Crippen molar-refractivity contribution in [2.24, 2.45) is 5.92 Å². The molecule has 0 unspecified atom stereocenters. The van der Waals surface area contributed by atoms with E-state index < -0.39 is 0 Å². The van der Waals surface area contributed by atoms with Gasteiger partial charge in [-0.3, -0.25) is 4.79 Å². The van der Waals surface area contributed by atoms with E-state index in [1.54, 1.807) is 0 Å². The molecule has 4 nitrogen and oxygen atoms in total. The van der Waals surface area contributed by atoms with Crippen LogP contribution >= 0.6 is 0 Å². The van der Waals surface area contributed by atoms with Gasteiger partial charge in [-0.2, -0.15) is 0 Å². The molecule has 1 aromatic rings. The van der Waals surface area contributed by atoms with Crippen molar-refractivity contribution in [3.05, 3.63) is 35.9 Å². The molecule has 1 N–H and O–H groups in total. The largest absolute Gasteiger partial charge is 0.466 e. The molecule has 0 aromatic heterocycles. The second-order valence-electron chi connectivity index (χ2n) is 6.20. The molecule has 1 aliphatic rings. The first-order chi connectivity index (χ1) is 11.3. The van der Waals surface area contributed by atoms with E-state index in [9.17, 15) is 4.79 Å². The fourth-order valence-corrected chi connectivity index (χ4v) is 3.02. The van der Waals surface area contributed by atoms with Gasteiger partial charge in [-0.05, 0) is 50.6 Å². The maximum Gasteiger partial charge on any atom is 0.307 e. The molecule has 0 spiro atoms. The molecule has 0 heterocycles. The molecule has 2 rings (SSSR count). The second-order valence-corrected chi connectivity index (χ2v) is 6.20. The first-order valence-corrected chi connectivity index (χ1v) is 8.79. The van der Waals surface area contributed by atoms with Crippen molar-refractivity contribution in [2.75, 3.05) is 19.7 Å². The predicted octanol–water partition coefficient (Wildman–Crippen LogP) is 3.55. The first kappa shape index (κ1) is 18.0. The molecule has 1 fully saturated rings. The van der Waals surface area contributed by atoms with Gasteiger partial charge in [0.2, 0.25) is 0 Å². The molecule has 130 valence electrons. The van der Waals surface area contributed by atoms with Gasteiger partial charge in [-0.15, -0.1) is 0 Å². The van der Waals surface area contributed by atoms with E-state index in [0.717, 1.165) is 19.4 Å². The van der Waals surface area contributed by atoms with Gasteiger partial charge in [0.15, 0.2) is 0 Å². The van der Waals surface area contributed by atoms with Gasteiger partial charge < -0.3 is 14.8 Å². The summed E-state index contributed by atoms with van der Waals surface area (Å²) in [5.41, 5.74) is 1.25. The highest BCUT2D eigenvalue weighted by Gasteiger charge is 2.21.